The molecule has 1 heterocycles. The molecule has 1 unspecified atom stereocenters. The lowest BCUT2D eigenvalue weighted by Gasteiger charge is -2.43. The fraction of sp³-hybridized carbons (Fsp3) is 0.625. The Morgan fingerprint density at radius 1 is 1.25 bits per heavy atom. The molecule has 2 rings (SSSR count). The molecular formula is C16H25NO3. The number of nitrogens with one attached hydrogen (secondary N) is 1. The van der Waals surface area contributed by atoms with Crippen LogP contribution in [-0.2, 0) is 9.47 Å². The molecule has 1 N–H and O–H groups in total. The highest BCUT2D eigenvalue weighted by atomic mass is 16.5. The van der Waals surface area contributed by atoms with Crippen molar-refractivity contribution >= 4 is 0 Å². The Hall–Kier alpha value is -1.10. The molecule has 4 nitrogen and oxygen atoms in total. The van der Waals surface area contributed by atoms with Gasteiger partial charge in [-0.05, 0) is 37.2 Å². The summed E-state index contributed by atoms with van der Waals surface area (Å²) in [7, 11) is 5.48. The largest absolute Gasteiger partial charge is 0.497 e. The topological polar surface area (TPSA) is 39.7 Å². The lowest BCUT2D eigenvalue weighted by atomic mass is 9.80. The van der Waals surface area contributed by atoms with Crippen LogP contribution in [0.2, 0.25) is 0 Å². The van der Waals surface area contributed by atoms with Gasteiger partial charge in [-0.25, -0.2) is 0 Å². The van der Waals surface area contributed by atoms with E-state index in [-0.39, 0.29) is 11.6 Å². The maximum Gasteiger partial charge on any atom is 0.119 e. The number of aryl methyl sites for hydroxylation is 1. The number of rotatable bonds is 5. The van der Waals surface area contributed by atoms with Gasteiger partial charge < -0.3 is 19.5 Å². The summed E-state index contributed by atoms with van der Waals surface area (Å²) in [6.07, 6.45) is 1.81. The maximum absolute atomic E-state index is 5.92. The van der Waals surface area contributed by atoms with Gasteiger partial charge in [0.25, 0.3) is 0 Å². The fourth-order valence-electron chi connectivity index (χ4n) is 3.13. The molecule has 4 heteroatoms. The van der Waals surface area contributed by atoms with Crippen molar-refractivity contribution in [2.75, 3.05) is 34.5 Å². The summed E-state index contributed by atoms with van der Waals surface area (Å²) in [5.41, 5.74) is 2.27. The van der Waals surface area contributed by atoms with Crippen molar-refractivity contribution in [3.63, 3.8) is 0 Å². The fourth-order valence-corrected chi connectivity index (χ4v) is 3.13. The van der Waals surface area contributed by atoms with Crippen LogP contribution in [0.15, 0.2) is 18.2 Å². The van der Waals surface area contributed by atoms with Crippen molar-refractivity contribution < 1.29 is 14.2 Å². The minimum absolute atomic E-state index is 0.155. The monoisotopic (exact) mass is 279 g/mol. The van der Waals surface area contributed by atoms with Gasteiger partial charge >= 0.3 is 0 Å². The molecule has 0 saturated carbocycles. The predicted molar refractivity (Wildman–Crippen MR) is 79.3 cm³/mol. The van der Waals surface area contributed by atoms with Gasteiger partial charge in [0.15, 0.2) is 0 Å². The number of hydrogen-bond acceptors (Lipinski definition) is 4. The van der Waals surface area contributed by atoms with E-state index in [0.717, 1.165) is 31.8 Å². The molecule has 1 atom stereocenters. The van der Waals surface area contributed by atoms with Crippen molar-refractivity contribution in [3.05, 3.63) is 29.3 Å². The summed E-state index contributed by atoms with van der Waals surface area (Å²) >= 11 is 0. The first-order chi connectivity index (χ1) is 9.66. The Morgan fingerprint density at radius 2 is 1.95 bits per heavy atom. The van der Waals surface area contributed by atoms with E-state index in [2.05, 4.69) is 24.4 Å². The Kier molecular flexibility index (Phi) is 5.02. The van der Waals surface area contributed by atoms with Crippen molar-refractivity contribution in [2.45, 2.75) is 31.4 Å². The molecule has 1 aromatic carbocycles. The Labute approximate surface area is 121 Å². The zero-order valence-electron chi connectivity index (χ0n) is 12.9. The molecule has 20 heavy (non-hydrogen) atoms. The summed E-state index contributed by atoms with van der Waals surface area (Å²) in [5.74, 6) is 0.888. The molecule has 1 saturated heterocycles. The molecule has 0 radical (unpaired) electrons. The second-order valence-corrected chi connectivity index (χ2v) is 5.33. The highest BCUT2D eigenvalue weighted by Gasteiger charge is 2.41. The highest BCUT2D eigenvalue weighted by Crippen LogP contribution is 2.38. The van der Waals surface area contributed by atoms with Crippen molar-refractivity contribution in [1.82, 2.24) is 5.32 Å². The first-order valence-corrected chi connectivity index (χ1v) is 7.11. The maximum atomic E-state index is 5.92. The van der Waals surface area contributed by atoms with E-state index in [4.69, 9.17) is 14.2 Å². The molecule has 0 bridgehead atoms. The van der Waals surface area contributed by atoms with Gasteiger partial charge in [0.2, 0.25) is 0 Å². The third-order valence-electron chi connectivity index (χ3n) is 4.35. The molecule has 1 aliphatic heterocycles. The normalized spacial score (nSPS) is 19.6. The van der Waals surface area contributed by atoms with Crippen LogP contribution in [0.4, 0.5) is 0 Å². The Balaban J connectivity index is 2.35. The van der Waals surface area contributed by atoms with Gasteiger partial charge in [-0.3, -0.25) is 0 Å². The van der Waals surface area contributed by atoms with Crippen LogP contribution in [-0.4, -0.2) is 40.1 Å². The van der Waals surface area contributed by atoms with Crippen LogP contribution in [0.3, 0.4) is 0 Å². The third-order valence-corrected chi connectivity index (χ3v) is 4.35. The molecule has 0 spiro atoms. The summed E-state index contributed by atoms with van der Waals surface area (Å²) in [4.78, 5) is 0. The van der Waals surface area contributed by atoms with E-state index in [1.807, 2.05) is 13.1 Å². The van der Waals surface area contributed by atoms with Gasteiger partial charge in [-0.15, -0.1) is 0 Å². The standard InChI is InChI=1S/C16H25NO3/c1-12-11-13(18-3)5-6-14(12)15(17-2)16(19-4)7-9-20-10-8-16/h5-6,11,15,17H,7-10H2,1-4H3. The molecule has 0 amide bonds. The van der Waals surface area contributed by atoms with Crippen molar-refractivity contribution in [3.8, 4) is 5.75 Å². The van der Waals surface area contributed by atoms with Gasteiger partial charge in [-0.1, -0.05) is 6.07 Å². The summed E-state index contributed by atoms with van der Waals surface area (Å²) in [6.45, 7) is 3.62. The summed E-state index contributed by atoms with van der Waals surface area (Å²) in [5, 5.41) is 3.44. The smallest absolute Gasteiger partial charge is 0.119 e. The molecule has 112 valence electrons. The Bertz CT molecular complexity index is 441. The summed E-state index contributed by atoms with van der Waals surface area (Å²) < 4.78 is 16.7. The number of hydrogen-bond donors (Lipinski definition) is 1. The lowest BCUT2D eigenvalue weighted by molar-refractivity contribution is -0.110. The minimum Gasteiger partial charge on any atom is -0.497 e. The van der Waals surface area contributed by atoms with E-state index in [1.54, 1.807) is 14.2 Å². The van der Waals surface area contributed by atoms with E-state index in [1.165, 1.54) is 11.1 Å². The first-order valence-electron chi connectivity index (χ1n) is 7.11. The van der Waals surface area contributed by atoms with Gasteiger partial charge in [0.1, 0.15) is 5.75 Å². The molecule has 0 aromatic heterocycles. The van der Waals surface area contributed by atoms with Crippen molar-refractivity contribution in [1.29, 1.82) is 0 Å². The van der Waals surface area contributed by atoms with E-state index in [0.29, 0.717) is 0 Å². The second-order valence-electron chi connectivity index (χ2n) is 5.33. The van der Waals surface area contributed by atoms with Crippen LogP contribution in [0, 0.1) is 6.92 Å². The number of likely N-dealkylation sites (N-methyl/N-ethyl adjacent to an activating group) is 1. The average Bonchev–Trinajstić information content (AvgIpc) is 2.50. The number of methoxy groups -OCH3 is 2. The molecular weight excluding hydrogens is 254 g/mol. The second kappa shape index (κ2) is 6.57. The zero-order chi connectivity index (χ0) is 14.6. The first kappa shape index (κ1) is 15.3. The van der Waals surface area contributed by atoms with Crippen LogP contribution in [0.1, 0.15) is 30.0 Å². The molecule has 0 aliphatic carbocycles. The van der Waals surface area contributed by atoms with Gasteiger partial charge in [0, 0.05) is 33.2 Å². The zero-order valence-corrected chi connectivity index (χ0v) is 12.9. The molecule has 1 aliphatic rings. The van der Waals surface area contributed by atoms with E-state index in [9.17, 15) is 0 Å². The van der Waals surface area contributed by atoms with Crippen LogP contribution >= 0.6 is 0 Å². The minimum atomic E-state index is -0.202. The average molecular weight is 279 g/mol. The SMILES string of the molecule is CNC(c1ccc(OC)cc1C)C1(OC)CCOCC1. The van der Waals surface area contributed by atoms with Crippen LogP contribution in [0.5, 0.6) is 5.75 Å². The van der Waals surface area contributed by atoms with Gasteiger partial charge in [-0.2, -0.15) is 0 Å². The Morgan fingerprint density at radius 3 is 2.45 bits per heavy atom. The van der Waals surface area contributed by atoms with Gasteiger partial charge in [0.05, 0.1) is 18.8 Å². The van der Waals surface area contributed by atoms with Crippen LogP contribution in [0.25, 0.3) is 0 Å². The number of ether oxygens (including phenoxy) is 3. The quantitative estimate of drug-likeness (QED) is 0.899. The molecule has 1 fully saturated rings. The number of benzene rings is 1. The van der Waals surface area contributed by atoms with Crippen molar-refractivity contribution in [2.24, 2.45) is 0 Å². The van der Waals surface area contributed by atoms with E-state index < -0.39 is 0 Å². The third kappa shape index (κ3) is 2.82. The predicted octanol–water partition coefficient (Wildman–Crippen LogP) is 2.46. The lowest BCUT2D eigenvalue weighted by Crippen LogP contribution is -2.48. The summed E-state index contributed by atoms with van der Waals surface area (Å²) in [6, 6.07) is 6.37. The molecule has 1 aromatic rings. The highest BCUT2D eigenvalue weighted by molar-refractivity contribution is 5.38. The van der Waals surface area contributed by atoms with E-state index >= 15 is 0 Å². The van der Waals surface area contributed by atoms with Crippen LogP contribution < -0.4 is 10.1 Å².